The second-order valence-corrected chi connectivity index (χ2v) is 7.90. The summed E-state index contributed by atoms with van der Waals surface area (Å²) in [5.41, 5.74) is 0.877. The summed E-state index contributed by atoms with van der Waals surface area (Å²) < 4.78 is 31.4. The molecule has 0 atom stereocenters. The Kier molecular flexibility index (Phi) is 4.98. The van der Waals surface area contributed by atoms with E-state index in [1.54, 1.807) is 0 Å². The van der Waals surface area contributed by atoms with Crippen molar-refractivity contribution >= 4 is 21.8 Å². The monoisotopic (exact) mass is 341 g/mol. The summed E-state index contributed by atoms with van der Waals surface area (Å²) >= 11 is 0. The molecule has 2 N–H and O–H groups in total. The van der Waals surface area contributed by atoms with Crippen molar-refractivity contribution in [1.82, 2.24) is 14.7 Å². The van der Waals surface area contributed by atoms with Crippen molar-refractivity contribution in [3.05, 3.63) is 11.8 Å². The van der Waals surface area contributed by atoms with Gasteiger partial charge in [0.1, 0.15) is 5.82 Å². The van der Waals surface area contributed by atoms with Crippen molar-refractivity contribution in [3.8, 4) is 0 Å². The van der Waals surface area contributed by atoms with Crippen LogP contribution in [0.5, 0.6) is 0 Å². The molecular weight excluding hydrogens is 318 g/mol. The van der Waals surface area contributed by atoms with E-state index in [9.17, 15) is 8.42 Å². The third-order valence-electron chi connectivity index (χ3n) is 3.85. The molecule has 0 aromatic carbocycles. The van der Waals surface area contributed by atoms with E-state index in [1.807, 2.05) is 13.0 Å². The minimum atomic E-state index is -3.13. The van der Waals surface area contributed by atoms with Crippen molar-refractivity contribution in [1.29, 1.82) is 0 Å². The molecule has 2 fully saturated rings. The van der Waals surface area contributed by atoms with Gasteiger partial charge >= 0.3 is 0 Å². The maximum Gasteiger partial charge on any atom is 0.224 e. The average molecular weight is 341 g/mol. The summed E-state index contributed by atoms with van der Waals surface area (Å²) in [6.07, 6.45) is 1.54. The molecule has 1 saturated heterocycles. The van der Waals surface area contributed by atoms with Crippen LogP contribution < -0.4 is 14.9 Å². The molecular formula is C14H23N5O3S. The van der Waals surface area contributed by atoms with Gasteiger partial charge in [-0.3, -0.25) is 0 Å². The van der Waals surface area contributed by atoms with Gasteiger partial charge in [0.25, 0.3) is 0 Å². The van der Waals surface area contributed by atoms with Crippen LogP contribution in [0.1, 0.15) is 18.5 Å². The summed E-state index contributed by atoms with van der Waals surface area (Å²) in [5, 5.41) is 2.90. The van der Waals surface area contributed by atoms with Crippen LogP contribution in [0.4, 0.5) is 11.8 Å². The molecule has 0 radical (unpaired) electrons. The lowest BCUT2D eigenvalue weighted by molar-refractivity contribution is 0.122. The molecule has 23 heavy (non-hydrogen) atoms. The highest BCUT2D eigenvalue weighted by atomic mass is 32.2. The quantitative estimate of drug-likeness (QED) is 0.680. The highest BCUT2D eigenvalue weighted by Gasteiger charge is 2.35. The third kappa shape index (κ3) is 4.52. The summed E-state index contributed by atoms with van der Waals surface area (Å²) in [6.45, 7) is 5.76. The lowest BCUT2D eigenvalue weighted by Gasteiger charge is -2.28. The van der Waals surface area contributed by atoms with Gasteiger partial charge in [-0.25, -0.2) is 18.1 Å². The SMILES string of the molecule is Cc1cc(N2CCOCC2)nc(NCCNS(=O)(=O)C2CC2)n1. The Labute approximate surface area is 136 Å². The molecule has 1 aliphatic carbocycles. The van der Waals surface area contributed by atoms with E-state index in [0.29, 0.717) is 32.3 Å². The van der Waals surface area contributed by atoms with Gasteiger partial charge in [-0.2, -0.15) is 4.98 Å². The molecule has 1 aromatic rings. The number of aromatic nitrogens is 2. The Morgan fingerprint density at radius 3 is 2.70 bits per heavy atom. The Morgan fingerprint density at radius 1 is 1.26 bits per heavy atom. The molecule has 3 rings (SSSR count). The molecule has 0 amide bonds. The minimum Gasteiger partial charge on any atom is -0.378 e. The van der Waals surface area contributed by atoms with Gasteiger partial charge in [0, 0.05) is 37.9 Å². The van der Waals surface area contributed by atoms with E-state index in [2.05, 4.69) is 24.9 Å². The van der Waals surface area contributed by atoms with E-state index >= 15 is 0 Å². The van der Waals surface area contributed by atoms with Crippen LogP contribution >= 0.6 is 0 Å². The van der Waals surface area contributed by atoms with Crippen LogP contribution in [0, 0.1) is 6.92 Å². The first-order valence-electron chi connectivity index (χ1n) is 7.95. The number of ether oxygens (including phenoxy) is 1. The number of hydrogen-bond acceptors (Lipinski definition) is 7. The Hall–Kier alpha value is -1.45. The zero-order chi connectivity index (χ0) is 16.3. The fourth-order valence-electron chi connectivity index (χ4n) is 2.45. The van der Waals surface area contributed by atoms with Gasteiger partial charge in [0.2, 0.25) is 16.0 Å². The maximum atomic E-state index is 11.7. The van der Waals surface area contributed by atoms with Crippen molar-refractivity contribution in [2.75, 3.05) is 49.6 Å². The molecule has 0 unspecified atom stereocenters. The van der Waals surface area contributed by atoms with Gasteiger partial charge in [0.05, 0.1) is 18.5 Å². The highest BCUT2D eigenvalue weighted by molar-refractivity contribution is 7.90. The first-order chi connectivity index (χ1) is 11.0. The molecule has 9 heteroatoms. The molecule has 1 saturated carbocycles. The topological polar surface area (TPSA) is 96.5 Å². The lowest BCUT2D eigenvalue weighted by Crippen LogP contribution is -2.37. The number of sulfonamides is 1. The number of rotatable bonds is 7. The van der Waals surface area contributed by atoms with Crippen LogP contribution in [-0.4, -0.2) is 63.0 Å². The van der Waals surface area contributed by atoms with Crippen LogP contribution in [0.3, 0.4) is 0 Å². The summed E-state index contributed by atoms with van der Waals surface area (Å²) in [7, 11) is -3.13. The summed E-state index contributed by atoms with van der Waals surface area (Å²) in [4.78, 5) is 11.0. The lowest BCUT2D eigenvalue weighted by atomic mass is 10.3. The minimum absolute atomic E-state index is 0.189. The van der Waals surface area contributed by atoms with E-state index in [4.69, 9.17) is 4.74 Å². The fourth-order valence-corrected chi connectivity index (χ4v) is 3.83. The largest absolute Gasteiger partial charge is 0.378 e. The van der Waals surface area contributed by atoms with E-state index in [-0.39, 0.29) is 5.25 Å². The van der Waals surface area contributed by atoms with Crippen LogP contribution in [0.2, 0.25) is 0 Å². The van der Waals surface area contributed by atoms with E-state index in [0.717, 1.165) is 37.4 Å². The van der Waals surface area contributed by atoms with Crippen molar-refractivity contribution < 1.29 is 13.2 Å². The Balaban J connectivity index is 1.53. The molecule has 1 aromatic heterocycles. The summed E-state index contributed by atoms with van der Waals surface area (Å²) in [5.74, 6) is 1.40. The first-order valence-corrected chi connectivity index (χ1v) is 9.50. The van der Waals surface area contributed by atoms with Crippen molar-refractivity contribution in [2.24, 2.45) is 0 Å². The predicted octanol–water partition coefficient (Wildman–Crippen LogP) is 0.115. The van der Waals surface area contributed by atoms with Crippen LogP contribution in [0.25, 0.3) is 0 Å². The molecule has 0 bridgehead atoms. The number of aryl methyl sites for hydroxylation is 1. The molecule has 1 aliphatic heterocycles. The highest BCUT2D eigenvalue weighted by Crippen LogP contribution is 2.27. The van der Waals surface area contributed by atoms with Gasteiger partial charge < -0.3 is 15.0 Å². The number of nitrogens with zero attached hydrogens (tertiary/aromatic N) is 3. The number of nitrogens with one attached hydrogen (secondary N) is 2. The Morgan fingerprint density at radius 2 is 2.00 bits per heavy atom. The van der Waals surface area contributed by atoms with Gasteiger partial charge in [-0.05, 0) is 19.8 Å². The molecule has 2 heterocycles. The van der Waals surface area contributed by atoms with E-state index < -0.39 is 10.0 Å². The van der Waals surface area contributed by atoms with E-state index in [1.165, 1.54) is 0 Å². The average Bonchev–Trinajstić information content (AvgIpc) is 3.37. The maximum absolute atomic E-state index is 11.7. The third-order valence-corrected chi connectivity index (χ3v) is 5.81. The normalized spacial score (nSPS) is 18.9. The predicted molar refractivity (Wildman–Crippen MR) is 88.2 cm³/mol. The van der Waals surface area contributed by atoms with Gasteiger partial charge in [-0.1, -0.05) is 0 Å². The first kappa shape index (κ1) is 16.4. The zero-order valence-corrected chi connectivity index (χ0v) is 14.1. The second-order valence-electron chi connectivity index (χ2n) is 5.86. The van der Waals surface area contributed by atoms with Crippen LogP contribution in [-0.2, 0) is 14.8 Å². The smallest absolute Gasteiger partial charge is 0.224 e. The number of hydrogen-bond donors (Lipinski definition) is 2. The molecule has 0 spiro atoms. The number of morpholine rings is 1. The van der Waals surface area contributed by atoms with Gasteiger partial charge in [-0.15, -0.1) is 0 Å². The molecule has 8 nitrogen and oxygen atoms in total. The van der Waals surface area contributed by atoms with Crippen LogP contribution in [0.15, 0.2) is 6.07 Å². The van der Waals surface area contributed by atoms with Gasteiger partial charge in [0.15, 0.2) is 0 Å². The fraction of sp³-hybridized carbons (Fsp3) is 0.714. The number of anilines is 2. The zero-order valence-electron chi connectivity index (χ0n) is 13.3. The summed E-state index contributed by atoms with van der Waals surface area (Å²) in [6, 6.07) is 1.95. The van der Waals surface area contributed by atoms with Crippen molar-refractivity contribution in [3.63, 3.8) is 0 Å². The second kappa shape index (κ2) is 6.98. The molecule has 128 valence electrons. The van der Waals surface area contributed by atoms with Crippen molar-refractivity contribution in [2.45, 2.75) is 25.0 Å². The Bertz CT molecular complexity index is 642. The standard InChI is InChI=1S/C14H23N5O3S/c1-11-10-13(19-6-8-22-9-7-19)18-14(17-11)15-4-5-16-23(20,21)12-2-3-12/h10,12,16H,2-9H2,1H3,(H,15,17,18). The molecule has 2 aliphatic rings.